The summed E-state index contributed by atoms with van der Waals surface area (Å²) in [6.07, 6.45) is 17.6. The van der Waals surface area contributed by atoms with Crippen molar-refractivity contribution in [3.63, 3.8) is 0 Å². The molecule has 0 bridgehead atoms. The third-order valence-electron chi connectivity index (χ3n) is 5.56. The van der Waals surface area contributed by atoms with Gasteiger partial charge in [0, 0.05) is 10.8 Å². The van der Waals surface area contributed by atoms with E-state index >= 15 is 0 Å². The second kappa shape index (κ2) is 9.40. The quantitative estimate of drug-likeness (QED) is 0.234. The van der Waals surface area contributed by atoms with Crippen molar-refractivity contribution in [2.24, 2.45) is 0 Å². The van der Waals surface area contributed by atoms with Gasteiger partial charge in [0.15, 0.2) is 0 Å². The summed E-state index contributed by atoms with van der Waals surface area (Å²) >= 11 is 0. The number of benzene rings is 3. The van der Waals surface area contributed by atoms with Crippen molar-refractivity contribution in [1.29, 1.82) is 0 Å². The summed E-state index contributed by atoms with van der Waals surface area (Å²) in [5.41, 5.74) is 5.91. The summed E-state index contributed by atoms with van der Waals surface area (Å²) in [5.74, 6) is 0. The van der Waals surface area contributed by atoms with Crippen LogP contribution in [0, 0.1) is 0 Å². The van der Waals surface area contributed by atoms with Crippen molar-refractivity contribution < 1.29 is 0 Å². The van der Waals surface area contributed by atoms with Crippen molar-refractivity contribution >= 4 is 43.7 Å². The van der Waals surface area contributed by atoms with Gasteiger partial charge in [0.05, 0.1) is 22.9 Å². The number of hydrogen-bond acceptors (Lipinski definition) is 2. The standard InChI is InChI=1S/C30H26N2/c1-5-9-13-21(7-3)23-17-18-26-27(19-23)24-15-11-12-16-25(24)30-29(26)31-20-28(32-30)22(8-4)14-10-6-2/h5-20H,2-3H2,1,4H3/b9-5-,14-10-,21-13+,22-8+. The molecule has 1 aromatic heterocycles. The first kappa shape index (κ1) is 21.2. The van der Waals surface area contributed by atoms with Gasteiger partial charge in [0.25, 0.3) is 0 Å². The lowest BCUT2D eigenvalue weighted by Crippen LogP contribution is -1.94. The van der Waals surface area contributed by atoms with E-state index in [9.17, 15) is 0 Å². The second-order valence-corrected chi connectivity index (χ2v) is 7.45. The van der Waals surface area contributed by atoms with E-state index in [1.807, 2.05) is 56.5 Å². The van der Waals surface area contributed by atoms with Crippen LogP contribution in [0.3, 0.4) is 0 Å². The largest absolute Gasteiger partial charge is 0.252 e. The van der Waals surface area contributed by atoms with Crippen molar-refractivity contribution in [2.75, 3.05) is 0 Å². The van der Waals surface area contributed by atoms with Gasteiger partial charge in [-0.05, 0) is 47.4 Å². The fourth-order valence-electron chi connectivity index (χ4n) is 3.97. The van der Waals surface area contributed by atoms with Gasteiger partial charge in [0.2, 0.25) is 0 Å². The molecule has 0 aliphatic heterocycles. The van der Waals surface area contributed by atoms with Crippen molar-refractivity contribution in [3.05, 3.63) is 122 Å². The molecule has 32 heavy (non-hydrogen) atoms. The van der Waals surface area contributed by atoms with E-state index in [1.165, 1.54) is 10.8 Å². The molecule has 4 rings (SSSR count). The van der Waals surface area contributed by atoms with Crippen LogP contribution in [0.25, 0.3) is 43.7 Å². The molecule has 0 radical (unpaired) electrons. The highest BCUT2D eigenvalue weighted by Gasteiger charge is 2.13. The summed E-state index contributed by atoms with van der Waals surface area (Å²) in [5, 5.41) is 4.53. The first-order chi connectivity index (χ1) is 15.7. The minimum atomic E-state index is 0.849. The zero-order valence-corrected chi connectivity index (χ0v) is 18.5. The van der Waals surface area contributed by atoms with Gasteiger partial charge in [-0.1, -0.05) is 98.2 Å². The molecule has 2 heteroatoms. The van der Waals surface area contributed by atoms with E-state index < -0.39 is 0 Å². The number of aromatic nitrogens is 2. The normalized spacial score (nSPS) is 13.1. The molecule has 0 amide bonds. The third-order valence-corrected chi connectivity index (χ3v) is 5.56. The van der Waals surface area contributed by atoms with Gasteiger partial charge < -0.3 is 0 Å². The molecule has 0 saturated heterocycles. The van der Waals surface area contributed by atoms with Crippen LogP contribution >= 0.6 is 0 Å². The molecule has 0 unspecified atom stereocenters. The predicted octanol–water partition coefficient (Wildman–Crippen LogP) is 8.23. The van der Waals surface area contributed by atoms with E-state index in [0.29, 0.717) is 0 Å². The fraction of sp³-hybridized carbons (Fsp3) is 0.0667. The highest BCUT2D eigenvalue weighted by Crippen LogP contribution is 2.35. The van der Waals surface area contributed by atoms with Crippen molar-refractivity contribution in [3.8, 4) is 0 Å². The Morgan fingerprint density at radius 2 is 1.62 bits per heavy atom. The Balaban J connectivity index is 2.04. The smallest absolute Gasteiger partial charge is 0.0979 e. The Kier molecular flexibility index (Phi) is 6.23. The zero-order chi connectivity index (χ0) is 22.5. The maximum absolute atomic E-state index is 5.04. The summed E-state index contributed by atoms with van der Waals surface area (Å²) < 4.78 is 0. The SMILES string of the molecule is C=C/C=C\C(=C/C)c1cnc2c3ccc(/C(C=C)=C/C=C\C)cc3c3ccccc3c2n1. The van der Waals surface area contributed by atoms with Crippen LogP contribution in [0.2, 0.25) is 0 Å². The summed E-state index contributed by atoms with van der Waals surface area (Å²) in [7, 11) is 0. The Bertz CT molecular complexity index is 1440. The van der Waals surface area contributed by atoms with Crippen LogP contribution < -0.4 is 0 Å². The molecule has 0 fully saturated rings. The maximum Gasteiger partial charge on any atom is 0.0979 e. The molecule has 4 aromatic rings. The minimum absolute atomic E-state index is 0.849. The molecule has 0 spiro atoms. The van der Waals surface area contributed by atoms with Crippen LogP contribution in [-0.2, 0) is 0 Å². The molecule has 0 aliphatic rings. The summed E-state index contributed by atoms with van der Waals surface area (Å²) in [6.45, 7) is 11.8. The highest BCUT2D eigenvalue weighted by molar-refractivity contribution is 6.23. The fourth-order valence-corrected chi connectivity index (χ4v) is 3.97. The van der Waals surface area contributed by atoms with E-state index in [4.69, 9.17) is 9.97 Å². The molecule has 3 aromatic carbocycles. The van der Waals surface area contributed by atoms with Gasteiger partial charge in [0.1, 0.15) is 0 Å². The zero-order valence-electron chi connectivity index (χ0n) is 18.5. The van der Waals surface area contributed by atoms with Crippen LogP contribution in [0.4, 0.5) is 0 Å². The molecule has 0 saturated carbocycles. The molecule has 2 nitrogen and oxygen atoms in total. The monoisotopic (exact) mass is 414 g/mol. The maximum atomic E-state index is 5.04. The lowest BCUT2D eigenvalue weighted by molar-refractivity contribution is 1.26. The Hall–Kier alpha value is -4.04. The summed E-state index contributed by atoms with van der Waals surface area (Å²) in [4.78, 5) is 9.91. The van der Waals surface area contributed by atoms with Crippen LogP contribution in [-0.4, -0.2) is 9.97 Å². The van der Waals surface area contributed by atoms with E-state index in [1.54, 1.807) is 6.08 Å². The van der Waals surface area contributed by atoms with Crippen LogP contribution in [0.1, 0.15) is 25.1 Å². The van der Waals surface area contributed by atoms with Crippen molar-refractivity contribution in [2.45, 2.75) is 13.8 Å². The minimum Gasteiger partial charge on any atom is -0.252 e. The molecule has 1 heterocycles. The predicted molar refractivity (Wildman–Crippen MR) is 141 cm³/mol. The number of fused-ring (bicyclic) bond motifs is 6. The average molecular weight is 415 g/mol. The van der Waals surface area contributed by atoms with Gasteiger partial charge in [-0.15, -0.1) is 0 Å². The molecular weight excluding hydrogens is 388 g/mol. The Labute approximate surface area is 189 Å². The van der Waals surface area contributed by atoms with Gasteiger partial charge >= 0.3 is 0 Å². The number of nitrogens with zero attached hydrogens (tertiary/aromatic N) is 2. The highest BCUT2D eigenvalue weighted by atomic mass is 14.8. The number of rotatable bonds is 6. The van der Waals surface area contributed by atoms with Crippen LogP contribution in [0.15, 0.2) is 110 Å². The third kappa shape index (κ3) is 3.83. The Morgan fingerprint density at radius 1 is 0.844 bits per heavy atom. The number of allylic oxidation sites excluding steroid dienone is 10. The summed E-state index contributed by atoms with van der Waals surface area (Å²) in [6, 6.07) is 14.9. The molecule has 156 valence electrons. The lowest BCUT2D eigenvalue weighted by Gasteiger charge is -2.12. The first-order valence-electron chi connectivity index (χ1n) is 10.7. The molecule has 0 atom stereocenters. The molecule has 0 aliphatic carbocycles. The second-order valence-electron chi connectivity index (χ2n) is 7.45. The van der Waals surface area contributed by atoms with Gasteiger partial charge in [-0.3, -0.25) is 4.98 Å². The van der Waals surface area contributed by atoms with E-state index in [-0.39, 0.29) is 0 Å². The molecular formula is C30H26N2. The first-order valence-corrected chi connectivity index (χ1v) is 10.7. The topological polar surface area (TPSA) is 25.8 Å². The Morgan fingerprint density at radius 3 is 2.34 bits per heavy atom. The van der Waals surface area contributed by atoms with Crippen molar-refractivity contribution in [1.82, 2.24) is 9.97 Å². The van der Waals surface area contributed by atoms with E-state index in [0.717, 1.165) is 44.2 Å². The molecule has 0 N–H and O–H groups in total. The average Bonchev–Trinajstić information content (AvgIpc) is 2.85. The lowest BCUT2D eigenvalue weighted by atomic mass is 9.95. The number of hydrogen-bond donors (Lipinski definition) is 0. The van der Waals surface area contributed by atoms with Gasteiger partial charge in [-0.2, -0.15) is 0 Å². The van der Waals surface area contributed by atoms with Crippen LogP contribution in [0.5, 0.6) is 0 Å². The van der Waals surface area contributed by atoms with Gasteiger partial charge in [-0.25, -0.2) is 4.98 Å². The van der Waals surface area contributed by atoms with E-state index in [2.05, 4.69) is 61.7 Å².